The molecule has 0 bridgehead atoms. The van der Waals surface area contributed by atoms with Crippen LogP contribution < -0.4 is 0 Å². The number of esters is 1. The second-order valence-electron chi connectivity index (χ2n) is 1.90. The Morgan fingerprint density at radius 2 is 1.85 bits per heavy atom. The quantitative estimate of drug-likeness (QED) is 0.264. The summed E-state index contributed by atoms with van der Waals surface area (Å²) >= 11 is 15.8. The number of allylic oxidation sites excluding steroid dienone is 1. The predicted octanol–water partition coefficient (Wildman–Crippen LogP) is 1.54. The van der Waals surface area contributed by atoms with Crippen LogP contribution in [-0.4, -0.2) is 27.9 Å². The number of methoxy groups -OCH3 is 1. The lowest BCUT2D eigenvalue weighted by Gasteiger charge is -2.05. The Bertz CT molecular complexity index is 253. The van der Waals surface area contributed by atoms with E-state index in [0.717, 1.165) is 7.11 Å². The molecular weight excluding hydrogens is 242 g/mol. The number of carboxylic acid groups (broad SMARTS) is 1. The van der Waals surface area contributed by atoms with Crippen molar-refractivity contribution in [3.05, 3.63) is 11.6 Å². The second-order valence-corrected chi connectivity index (χ2v) is 4.27. The van der Waals surface area contributed by atoms with Crippen molar-refractivity contribution in [1.29, 1.82) is 0 Å². The van der Waals surface area contributed by atoms with Crippen molar-refractivity contribution in [2.24, 2.45) is 0 Å². The Labute approximate surface area is 89.0 Å². The van der Waals surface area contributed by atoms with Gasteiger partial charge < -0.3 is 9.84 Å². The lowest BCUT2D eigenvalue weighted by atomic mass is 10.2. The van der Waals surface area contributed by atoms with Crippen LogP contribution in [0.1, 0.15) is 0 Å². The number of ether oxygens (including phenoxy) is 1. The molecule has 0 aliphatic carbocycles. The van der Waals surface area contributed by atoms with Gasteiger partial charge in [-0.25, -0.2) is 9.59 Å². The minimum absolute atomic E-state index is 0.672. The summed E-state index contributed by atoms with van der Waals surface area (Å²) in [6.45, 7) is 0. The highest BCUT2D eigenvalue weighted by atomic mass is 35.6. The van der Waals surface area contributed by atoms with Crippen LogP contribution in [-0.2, 0) is 14.3 Å². The first-order chi connectivity index (χ1) is 5.78. The first-order valence-corrected chi connectivity index (χ1v) is 4.02. The number of hydrogen-bond acceptors (Lipinski definition) is 3. The largest absolute Gasteiger partial charge is 0.477 e. The molecule has 0 aromatic rings. The first kappa shape index (κ1) is 12.6. The Kier molecular flexibility index (Phi) is 4.53. The van der Waals surface area contributed by atoms with E-state index in [1.807, 2.05) is 0 Å². The number of carbonyl (C=O) groups is 2. The van der Waals surface area contributed by atoms with Crippen molar-refractivity contribution in [2.45, 2.75) is 3.79 Å². The average Bonchev–Trinajstić information content (AvgIpc) is 1.96. The third-order valence-electron chi connectivity index (χ3n) is 0.944. The molecule has 0 rings (SSSR count). The number of rotatable bonds is 2. The van der Waals surface area contributed by atoms with Gasteiger partial charge >= 0.3 is 11.9 Å². The maximum atomic E-state index is 10.8. The molecule has 0 radical (unpaired) electrons. The van der Waals surface area contributed by atoms with E-state index in [1.165, 1.54) is 0 Å². The van der Waals surface area contributed by atoms with Crippen molar-refractivity contribution < 1.29 is 19.4 Å². The van der Waals surface area contributed by atoms with Gasteiger partial charge in [-0.15, -0.1) is 0 Å². The molecule has 7 heteroatoms. The first-order valence-electron chi connectivity index (χ1n) is 2.89. The van der Waals surface area contributed by atoms with Crippen LogP contribution in [0.3, 0.4) is 0 Å². The molecule has 1 N–H and O–H groups in total. The molecule has 0 amide bonds. The molecule has 0 saturated carbocycles. The maximum Gasteiger partial charge on any atom is 0.345 e. The van der Waals surface area contributed by atoms with Crippen LogP contribution in [0, 0.1) is 0 Å². The average molecular weight is 247 g/mol. The van der Waals surface area contributed by atoms with Gasteiger partial charge in [0.2, 0.25) is 3.79 Å². The smallest absolute Gasteiger partial charge is 0.345 e. The monoisotopic (exact) mass is 246 g/mol. The van der Waals surface area contributed by atoms with Crippen molar-refractivity contribution in [1.82, 2.24) is 0 Å². The van der Waals surface area contributed by atoms with Crippen LogP contribution in [0.4, 0.5) is 0 Å². The van der Waals surface area contributed by atoms with Gasteiger partial charge in [0.15, 0.2) is 0 Å². The lowest BCUT2D eigenvalue weighted by molar-refractivity contribution is -0.142. The molecule has 0 aromatic carbocycles. The van der Waals surface area contributed by atoms with Gasteiger partial charge in [0.25, 0.3) is 0 Å². The molecule has 0 heterocycles. The summed E-state index contributed by atoms with van der Waals surface area (Å²) in [6.07, 6.45) is 0.672. The van der Waals surface area contributed by atoms with E-state index in [-0.39, 0.29) is 0 Å². The van der Waals surface area contributed by atoms with E-state index in [4.69, 9.17) is 39.9 Å². The molecule has 0 atom stereocenters. The van der Waals surface area contributed by atoms with Crippen molar-refractivity contribution in [3.63, 3.8) is 0 Å². The fraction of sp³-hybridized carbons (Fsp3) is 0.333. The lowest BCUT2D eigenvalue weighted by Crippen LogP contribution is -2.16. The Balaban J connectivity index is 4.93. The standard InChI is InChI=1S/C6H5Cl3O4/c1-13-5(12)3(4(10)11)2-6(7,8)9/h2H,1H3,(H,10,11). The predicted molar refractivity (Wildman–Crippen MR) is 48.0 cm³/mol. The Morgan fingerprint density at radius 1 is 1.38 bits per heavy atom. The molecule has 0 spiro atoms. The Hall–Kier alpha value is -0.450. The fourth-order valence-electron chi connectivity index (χ4n) is 0.482. The van der Waals surface area contributed by atoms with Crippen LogP contribution in [0.25, 0.3) is 0 Å². The minimum atomic E-state index is -1.94. The van der Waals surface area contributed by atoms with E-state index in [1.54, 1.807) is 0 Å². The molecule has 0 aliphatic rings. The van der Waals surface area contributed by atoms with Gasteiger partial charge in [0, 0.05) is 0 Å². The SMILES string of the molecule is COC(=O)C(=CC(Cl)(Cl)Cl)C(=O)O. The Morgan fingerprint density at radius 3 is 2.08 bits per heavy atom. The second kappa shape index (κ2) is 4.69. The van der Waals surface area contributed by atoms with Gasteiger partial charge in [0.1, 0.15) is 5.57 Å². The maximum absolute atomic E-state index is 10.8. The summed E-state index contributed by atoms with van der Waals surface area (Å²) in [5, 5.41) is 8.49. The molecule has 0 aliphatic heterocycles. The third kappa shape index (κ3) is 4.98. The summed E-state index contributed by atoms with van der Waals surface area (Å²) in [5.74, 6) is -2.59. The van der Waals surface area contributed by atoms with Gasteiger partial charge in [0.05, 0.1) is 7.11 Å². The van der Waals surface area contributed by atoms with Gasteiger partial charge in [-0.2, -0.15) is 0 Å². The zero-order chi connectivity index (χ0) is 10.6. The summed E-state index contributed by atoms with van der Waals surface area (Å²) in [5.41, 5.74) is -0.720. The highest BCUT2D eigenvalue weighted by Gasteiger charge is 2.25. The number of carbonyl (C=O) groups excluding carboxylic acids is 1. The van der Waals surface area contributed by atoms with E-state index < -0.39 is 21.3 Å². The molecule has 0 unspecified atom stereocenters. The van der Waals surface area contributed by atoms with Crippen molar-refractivity contribution in [3.8, 4) is 0 Å². The summed E-state index contributed by atoms with van der Waals surface area (Å²) < 4.78 is 2.21. The number of halogens is 3. The number of aliphatic carboxylic acids is 1. The molecule has 0 saturated heterocycles. The van der Waals surface area contributed by atoms with Gasteiger partial charge in [-0.1, -0.05) is 34.8 Å². The third-order valence-corrected chi connectivity index (χ3v) is 1.27. The highest BCUT2D eigenvalue weighted by molar-refractivity contribution is 6.69. The van der Waals surface area contributed by atoms with Gasteiger partial charge in [-0.05, 0) is 6.08 Å². The van der Waals surface area contributed by atoms with E-state index in [9.17, 15) is 9.59 Å². The zero-order valence-electron chi connectivity index (χ0n) is 6.38. The normalized spacial score (nSPS) is 12.5. The molecule has 0 fully saturated rings. The summed E-state index contributed by atoms with van der Waals surface area (Å²) in [6, 6.07) is 0. The van der Waals surface area contributed by atoms with Crippen LogP contribution in [0.15, 0.2) is 11.6 Å². The number of hydrogen-bond donors (Lipinski definition) is 1. The van der Waals surface area contributed by atoms with Crippen LogP contribution in [0.2, 0.25) is 0 Å². The topological polar surface area (TPSA) is 63.6 Å². The van der Waals surface area contributed by atoms with E-state index >= 15 is 0 Å². The number of alkyl halides is 3. The van der Waals surface area contributed by atoms with Crippen LogP contribution >= 0.6 is 34.8 Å². The van der Waals surface area contributed by atoms with E-state index in [0.29, 0.717) is 6.08 Å². The highest BCUT2D eigenvalue weighted by Crippen LogP contribution is 2.29. The molecule has 0 aromatic heterocycles. The summed E-state index contributed by atoms with van der Waals surface area (Å²) in [4.78, 5) is 21.2. The molecule has 74 valence electrons. The van der Waals surface area contributed by atoms with Gasteiger partial charge in [-0.3, -0.25) is 0 Å². The van der Waals surface area contributed by atoms with Crippen molar-refractivity contribution >= 4 is 46.7 Å². The zero-order valence-corrected chi connectivity index (χ0v) is 8.65. The minimum Gasteiger partial charge on any atom is -0.477 e. The number of carboxylic acids is 1. The van der Waals surface area contributed by atoms with Crippen LogP contribution in [0.5, 0.6) is 0 Å². The van der Waals surface area contributed by atoms with Crippen molar-refractivity contribution in [2.75, 3.05) is 7.11 Å². The molecule has 13 heavy (non-hydrogen) atoms. The molecule has 4 nitrogen and oxygen atoms in total. The molecular formula is C6H5Cl3O4. The fourth-order valence-corrected chi connectivity index (χ4v) is 0.809. The van der Waals surface area contributed by atoms with E-state index in [2.05, 4.69) is 4.74 Å². The summed E-state index contributed by atoms with van der Waals surface area (Å²) in [7, 11) is 1.03.